The molecular weight excluding hydrogens is 193 g/mol. The zero-order chi connectivity index (χ0) is 10.1. The van der Waals surface area contributed by atoms with E-state index in [0.717, 1.165) is 6.20 Å². The summed E-state index contributed by atoms with van der Waals surface area (Å²) in [5.41, 5.74) is -0.166. The molecule has 0 aliphatic carbocycles. The molecule has 0 aliphatic heterocycles. The highest BCUT2D eigenvalue weighted by Gasteiger charge is 2.12. The number of aromatic nitrogens is 2. The molecule has 0 saturated heterocycles. The highest BCUT2D eigenvalue weighted by Crippen LogP contribution is 2.14. The van der Waals surface area contributed by atoms with Gasteiger partial charge >= 0.3 is 0 Å². The molecule has 0 radical (unpaired) electrons. The van der Waals surface area contributed by atoms with E-state index < -0.39 is 5.82 Å². The number of hydrogen-bond acceptors (Lipinski definition) is 3. The first-order chi connectivity index (χ1) is 5.88. The minimum Gasteiger partial charge on any atom is -0.350 e. The summed E-state index contributed by atoms with van der Waals surface area (Å²) < 4.78 is 12.6. The molecule has 1 N–H and O–H groups in total. The van der Waals surface area contributed by atoms with Gasteiger partial charge in [0.05, 0.1) is 6.20 Å². The van der Waals surface area contributed by atoms with Crippen LogP contribution in [0, 0.1) is 5.82 Å². The van der Waals surface area contributed by atoms with Gasteiger partial charge in [-0.2, -0.15) is 4.98 Å². The Morgan fingerprint density at radius 2 is 2.08 bits per heavy atom. The van der Waals surface area contributed by atoms with E-state index >= 15 is 0 Å². The second-order valence-electron chi connectivity index (χ2n) is 3.71. The van der Waals surface area contributed by atoms with Crippen LogP contribution in [0.25, 0.3) is 0 Å². The fourth-order valence-corrected chi connectivity index (χ4v) is 0.871. The van der Waals surface area contributed by atoms with Crippen LogP contribution in [0.5, 0.6) is 0 Å². The van der Waals surface area contributed by atoms with Gasteiger partial charge in [0.1, 0.15) is 0 Å². The maximum absolute atomic E-state index is 12.6. The highest BCUT2D eigenvalue weighted by molar-refractivity contribution is 6.29. The van der Waals surface area contributed by atoms with Crippen molar-refractivity contribution in [3.63, 3.8) is 0 Å². The lowest BCUT2D eigenvalue weighted by Gasteiger charge is -2.20. The van der Waals surface area contributed by atoms with E-state index in [4.69, 9.17) is 11.6 Å². The minimum atomic E-state index is -0.610. The molecule has 1 aromatic rings. The first-order valence-corrected chi connectivity index (χ1v) is 4.22. The van der Waals surface area contributed by atoms with Crippen molar-refractivity contribution < 1.29 is 4.39 Å². The molecule has 0 unspecified atom stereocenters. The maximum Gasteiger partial charge on any atom is 0.224 e. The Morgan fingerprint density at radius 1 is 1.46 bits per heavy atom. The standard InChI is InChI=1S/C8H11ClFN3/c1-8(2,3)13-7-11-4-5(10)6(9)12-7/h4H,1-3H3,(H,11,12,13). The Kier molecular flexibility index (Phi) is 2.71. The van der Waals surface area contributed by atoms with E-state index in [1.54, 1.807) is 0 Å². The maximum atomic E-state index is 12.6. The van der Waals surface area contributed by atoms with E-state index in [1.807, 2.05) is 20.8 Å². The lowest BCUT2D eigenvalue weighted by atomic mass is 10.1. The molecule has 0 bridgehead atoms. The van der Waals surface area contributed by atoms with Crippen LogP contribution in [0.2, 0.25) is 5.15 Å². The molecule has 0 saturated carbocycles. The second kappa shape index (κ2) is 3.46. The number of halogens is 2. The average molecular weight is 204 g/mol. The number of nitrogens with one attached hydrogen (secondary N) is 1. The molecule has 1 rings (SSSR count). The van der Waals surface area contributed by atoms with Gasteiger partial charge in [0.15, 0.2) is 11.0 Å². The van der Waals surface area contributed by atoms with E-state index in [2.05, 4.69) is 15.3 Å². The lowest BCUT2D eigenvalue weighted by molar-refractivity contribution is 0.603. The average Bonchev–Trinajstić information content (AvgIpc) is 1.94. The van der Waals surface area contributed by atoms with Gasteiger partial charge in [0.2, 0.25) is 5.95 Å². The van der Waals surface area contributed by atoms with Crippen molar-refractivity contribution in [3.05, 3.63) is 17.2 Å². The number of hydrogen-bond donors (Lipinski definition) is 1. The Labute approximate surface area is 81.3 Å². The third-order valence-electron chi connectivity index (χ3n) is 1.19. The zero-order valence-electron chi connectivity index (χ0n) is 7.73. The lowest BCUT2D eigenvalue weighted by Crippen LogP contribution is -2.27. The predicted octanol–water partition coefficient (Wildman–Crippen LogP) is 2.48. The molecule has 0 aromatic carbocycles. The third kappa shape index (κ3) is 3.14. The molecular formula is C8H11ClFN3. The van der Waals surface area contributed by atoms with Crippen LogP contribution in [0.3, 0.4) is 0 Å². The molecule has 0 aliphatic rings. The van der Waals surface area contributed by atoms with Gasteiger partial charge < -0.3 is 5.32 Å². The molecule has 72 valence electrons. The summed E-state index contributed by atoms with van der Waals surface area (Å²) in [5.74, 6) is -0.278. The number of anilines is 1. The van der Waals surface area contributed by atoms with Crippen LogP contribution in [-0.4, -0.2) is 15.5 Å². The molecule has 0 atom stereocenters. The van der Waals surface area contributed by atoms with Crippen LogP contribution in [0.1, 0.15) is 20.8 Å². The van der Waals surface area contributed by atoms with Gasteiger partial charge in [0.25, 0.3) is 0 Å². The molecule has 0 fully saturated rings. The molecule has 0 amide bonds. The van der Waals surface area contributed by atoms with Crippen LogP contribution in [-0.2, 0) is 0 Å². The smallest absolute Gasteiger partial charge is 0.224 e. The van der Waals surface area contributed by atoms with Crippen molar-refractivity contribution in [2.75, 3.05) is 5.32 Å². The van der Waals surface area contributed by atoms with Crippen molar-refractivity contribution in [2.24, 2.45) is 0 Å². The van der Waals surface area contributed by atoms with E-state index in [9.17, 15) is 4.39 Å². The van der Waals surface area contributed by atoms with Gasteiger partial charge in [0, 0.05) is 5.54 Å². The van der Waals surface area contributed by atoms with E-state index in [0.29, 0.717) is 5.95 Å². The SMILES string of the molecule is CC(C)(C)Nc1ncc(F)c(Cl)n1. The fourth-order valence-electron chi connectivity index (χ4n) is 0.742. The predicted molar refractivity (Wildman–Crippen MR) is 50.4 cm³/mol. The quantitative estimate of drug-likeness (QED) is 0.713. The summed E-state index contributed by atoms with van der Waals surface area (Å²) in [7, 11) is 0. The normalized spacial score (nSPS) is 11.5. The van der Waals surface area contributed by atoms with Crippen LogP contribution in [0.4, 0.5) is 10.3 Å². The van der Waals surface area contributed by atoms with E-state index in [-0.39, 0.29) is 10.7 Å². The summed E-state index contributed by atoms with van der Waals surface area (Å²) >= 11 is 5.48. The monoisotopic (exact) mass is 203 g/mol. The van der Waals surface area contributed by atoms with Gasteiger partial charge in [-0.15, -0.1) is 0 Å². The summed E-state index contributed by atoms with van der Waals surface area (Å²) in [6.07, 6.45) is 1.05. The van der Waals surface area contributed by atoms with Crippen molar-refractivity contribution >= 4 is 17.5 Å². The van der Waals surface area contributed by atoms with Crippen molar-refractivity contribution in [1.29, 1.82) is 0 Å². The van der Waals surface area contributed by atoms with Crippen molar-refractivity contribution in [3.8, 4) is 0 Å². The van der Waals surface area contributed by atoms with Crippen LogP contribution < -0.4 is 5.32 Å². The summed E-state index contributed by atoms with van der Waals surface area (Å²) in [4.78, 5) is 7.47. The highest BCUT2D eigenvalue weighted by atomic mass is 35.5. The molecule has 0 spiro atoms. The van der Waals surface area contributed by atoms with Gasteiger partial charge in [-0.1, -0.05) is 11.6 Å². The molecule has 13 heavy (non-hydrogen) atoms. The molecule has 1 heterocycles. The number of nitrogens with zero attached hydrogens (tertiary/aromatic N) is 2. The topological polar surface area (TPSA) is 37.8 Å². The minimum absolute atomic E-state index is 0.165. The van der Waals surface area contributed by atoms with Crippen LogP contribution in [0.15, 0.2) is 6.20 Å². The number of rotatable bonds is 1. The largest absolute Gasteiger partial charge is 0.350 e. The Bertz CT molecular complexity index is 309. The van der Waals surface area contributed by atoms with Crippen molar-refractivity contribution in [2.45, 2.75) is 26.3 Å². The van der Waals surface area contributed by atoms with Gasteiger partial charge in [-0.05, 0) is 20.8 Å². The van der Waals surface area contributed by atoms with Gasteiger partial charge in [-0.3, -0.25) is 0 Å². The van der Waals surface area contributed by atoms with Crippen LogP contribution >= 0.6 is 11.6 Å². The summed E-state index contributed by atoms with van der Waals surface area (Å²) in [6.45, 7) is 5.86. The summed E-state index contributed by atoms with van der Waals surface area (Å²) in [6, 6.07) is 0. The first kappa shape index (κ1) is 10.2. The van der Waals surface area contributed by atoms with Crippen molar-refractivity contribution in [1.82, 2.24) is 9.97 Å². The first-order valence-electron chi connectivity index (χ1n) is 3.85. The zero-order valence-corrected chi connectivity index (χ0v) is 8.48. The van der Waals surface area contributed by atoms with Gasteiger partial charge in [-0.25, -0.2) is 9.37 Å². The summed E-state index contributed by atoms with van der Waals surface area (Å²) in [5, 5.41) is 2.81. The van der Waals surface area contributed by atoms with E-state index in [1.165, 1.54) is 0 Å². The Hall–Kier alpha value is -0.900. The third-order valence-corrected chi connectivity index (χ3v) is 1.45. The Morgan fingerprint density at radius 3 is 2.54 bits per heavy atom. The molecule has 1 aromatic heterocycles. The Balaban J connectivity index is 2.86. The second-order valence-corrected chi connectivity index (χ2v) is 4.07. The molecule has 5 heteroatoms. The molecule has 3 nitrogen and oxygen atoms in total. The fraction of sp³-hybridized carbons (Fsp3) is 0.500.